The lowest BCUT2D eigenvalue weighted by Crippen LogP contribution is -2.44. The molecule has 1 aliphatic heterocycles. The second kappa shape index (κ2) is 7.25. The van der Waals surface area contributed by atoms with Gasteiger partial charge < -0.3 is 15.5 Å². The SMILES string of the molecule is CC(C)(O)C(C)(C)O.[B]c1ccc(C2=CCNCC2)cc1. The zero-order chi connectivity index (χ0) is 16.1. The van der Waals surface area contributed by atoms with Crippen molar-refractivity contribution in [3.05, 3.63) is 35.9 Å². The molecule has 0 aliphatic carbocycles. The molecule has 1 heterocycles. The van der Waals surface area contributed by atoms with Crippen molar-refractivity contribution in [1.29, 1.82) is 0 Å². The van der Waals surface area contributed by atoms with Crippen LogP contribution >= 0.6 is 0 Å². The van der Waals surface area contributed by atoms with Crippen LogP contribution < -0.4 is 10.8 Å². The fourth-order valence-electron chi connectivity index (χ4n) is 1.58. The zero-order valence-electron chi connectivity index (χ0n) is 13.5. The van der Waals surface area contributed by atoms with Crippen molar-refractivity contribution >= 4 is 18.9 Å². The molecule has 0 unspecified atom stereocenters. The Morgan fingerprint density at radius 1 is 1.00 bits per heavy atom. The molecular weight excluding hydrogens is 261 g/mol. The highest BCUT2D eigenvalue weighted by Gasteiger charge is 2.31. The summed E-state index contributed by atoms with van der Waals surface area (Å²) in [5, 5.41) is 21.5. The van der Waals surface area contributed by atoms with E-state index in [-0.39, 0.29) is 0 Å². The smallest absolute Gasteiger partial charge is 0.113 e. The summed E-state index contributed by atoms with van der Waals surface area (Å²) in [7, 11) is 5.62. The van der Waals surface area contributed by atoms with Gasteiger partial charge >= 0.3 is 0 Å². The van der Waals surface area contributed by atoms with Crippen molar-refractivity contribution in [2.75, 3.05) is 13.1 Å². The van der Waals surface area contributed by atoms with Gasteiger partial charge in [-0.2, -0.15) is 0 Å². The van der Waals surface area contributed by atoms with Gasteiger partial charge in [-0.3, -0.25) is 0 Å². The third kappa shape index (κ3) is 6.04. The van der Waals surface area contributed by atoms with Crippen molar-refractivity contribution < 1.29 is 10.2 Å². The summed E-state index contributed by atoms with van der Waals surface area (Å²) in [4.78, 5) is 0. The Kier molecular flexibility index (Phi) is 6.20. The monoisotopic (exact) mass is 287 g/mol. The van der Waals surface area contributed by atoms with Gasteiger partial charge in [-0.1, -0.05) is 35.8 Å². The molecule has 4 heteroatoms. The number of rotatable bonds is 2. The van der Waals surface area contributed by atoms with Gasteiger partial charge in [0.15, 0.2) is 0 Å². The minimum atomic E-state index is -1.01. The molecule has 114 valence electrons. The van der Waals surface area contributed by atoms with Gasteiger partial charge in [-0.25, -0.2) is 0 Å². The average molecular weight is 287 g/mol. The summed E-state index contributed by atoms with van der Waals surface area (Å²) in [6.45, 7) is 8.37. The summed E-state index contributed by atoms with van der Waals surface area (Å²) < 4.78 is 0. The fourth-order valence-corrected chi connectivity index (χ4v) is 1.58. The van der Waals surface area contributed by atoms with Crippen LogP contribution in [0.5, 0.6) is 0 Å². The first-order valence-electron chi connectivity index (χ1n) is 7.31. The largest absolute Gasteiger partial charge is 0.387 e. The number of hydrogen-bond donors (Lipinski definition) is 3. The average Bonchev–Trinajstić information content (AvgIpc) is 2.39. The topological polar surface area (TPSA) is 52.5 Å². The molecule has 1 aromatic carbocycles. The molecule has 3 N–H and O–H groups in total. The highest BCUT2D eigenvalue weighted by molar-refractivity contribution is 6.32. The second-order valence-corrected chi connectivity index (χ2v) is 6.42. The van der Waals surface area contributed by atoms with Gasteiger partial charge in [0.25, 0.3) is 0 Å². The van der Waals surface area contributed by atoms with Crippen LogP contribution in [0.4, 0.5) is 0 Å². The van der Waals surface area contributed by atoms with Crippen molar-refractivity contribution in [3.8, 4) is 0 Å². The maximum Gasteiger partial charge on any atom is 0.113 e. The van der Waals surface area contributed by atoms with E-state index in [2.05, 4.69) is 23.5 Å². The van der Waals surface area contributed by atoms with Crippen molar-refractivity contribution in [2.24, 2.45) is 0 Å². The Morgan fingerprint density at radius 3 is 1.90 bits per heavy atom. The number of nitrogens with one attached hydrogen (secondary N) is 1. The molecule has 21 heavy (non-hydrogen) atoms. The Balaban J connectivity index is 0.000000240. The maximum absolute atomic E-state index is 9.10. The third-order valence-electron chi connectivity index (χ3n) is 3.84. The van der Waals surface area contributed by atoms with Crippen LogP contribution in [-0.4, -0.2) is 42.4 Å². The number of aliphatic hydroxyl groups is 2. The van der Waals surface area contributed by atoms with E-state index < -0.39 is 11.2 Å². The molecule has 0 saturated heterocycles. The highest BCUT2D eigenvalue weighted by Crippen LogP contribution is 2.19. The first-order valence-corrected chi connectivity index (χ1v) is 7.31. The fraction of sp³-hybridized carbons (Fsp3) is 0.529. The van der Waals surface area contributed by atoms with E-state index in [1.54, 1.807) is 27.7 Å². The van der Waals surface area contributed by atoms with Gasteiger partial charge in [-0.15, -0.1) is 0 Å². The van der Waals surface area contributed by atoms with E-state index >= 15 is 0 Å². The molecule has 2 rings (SSSR count). The summed E-state index contributed by atoms with van der Waals surface area (Å²) in [6.07, 6.45) is 3.36. The Morgan fingerprint density at radius 2 is 1.52 bits per heavy atom. The molecule has 2 radical (unpaired) electrons. The van der Waals surface area contributed by atoms with E-state index in [1.165, 1.54) is 11.1 Å². The predicted octanol–water partition coefficient (Wildman–Crippen LogP) is 1.39. The Labute approximate surface area is 129 Å². The summed E-state index contributed by atoms with van der Waals surface area (Å²) in [5.41, 5.74) is 1.55. The van der Waals surface area contributed by atoms with E-state index in [0.717, 1.165) is 25.0 Å². The lowest BCUT2D eigenvalue weighted by atomic mass is 9.90. The molecule has 0 amide bonds. The Bertz CT molecular complexity index is 455. The Hall–Kier alpha value is -1.10. The highest BCUT2D eigenvalue weighted by atomic mass is 16.3. The van der Waals surface area contributed by atoms with Crippen molar-refractivity contribution in [2.45, 2.75) is 45.3 Å². The van der Waals surface area contributed by atoms with Gasteiger partial charge in [0, 0.05) is 6.54 Å². The van der Waals surface area contributed by atoms with Crippen LogP contribution in [0.1, 0.15) is 39.7 Å². The van der Waals surface area contributed by atoms with E-state index in [0.29, 0.717) is 0 Å². The zero-order valence-corrected chi connectivity index (χ0v) is 13.5. The molecule has 0 bridgehead atoms. The minimum absolute atomic E-state index is 0.832. The molecular formula is C17H26BNO2. The number of benzene rings is 1. The first kappa shape index (κ1) is 18.0. The van der Waals surface area contributed by atoms with Crippen LogP contribution in [0.2, 0.25) is 0 Å². The first-order chi connectivity index (χ1) is 9.61. The molecule has 0 saturated carbocycles. The van der Waals surface area contributed by atoms with Crippen molar-refractivity contribution in [3.63, 3.8) is 0 Å². The minimum Gasteiger partial charge on any atom is -0.387 e. The number of hydrogen-bond acceptors (Lipinski definition) is 3. The van der Waals surface area contributed by atoms with Crippen molar-refractivity contribution in [1.82, 2.24) is 5.32 Å². The maximum atomic E-state index is 9.10. The second-order valence-electron chi connectivity index (χ2n) is 6.42. The van der Waals surface area contributed by atoms with Crippen LogP contribution in [0, 0.1) is 0 Å². The normalized spacial score (nSPS) is 15.8. The summed E-state index contributed by atoms with van der Waals surface area (Å²) in [5.74, 6) is 0. The molecule has 3 nitrogen and oxygen atoms in total. The molecule has 1 aromatic rings. The van der Waals surface area contributed by atoms with Crippen LogP contribution in [0.3, 0.4) is 0 Å². The van der Waals surface area contributed by atoms with Gasteiger partial charge in [-0.05, 0) is 51.8 Å². The molecule has 0 fully saturated rings. The lowest BCUT2D eigenvalue weighted by molar-refractivity contribution is -0.107. The molecule has 0 aromatic heterocycles. The molecule has 0 spiro atoms. The quantitative estimate of drug-likeness (QED) is 0.720. The van der Waals surface area contributed by atoms with E-state index in [1.807, 2.05) is 12.1 Å². The molecule has 1 aliphatic rings. The molecule has 0 atom stereocenters. The standard InChI is InChI=1S/C11H12BN.C6H14O2/c12-11-3-1-9(2-4-11)10-5-7-13-8-6-10;1-5(2,7)6(3,4)8/h1-5,13H,6-8H2;7-8H,1-4H3. The summed E-state index contributed by atoms with van der Waals surface area (Å²) >= 11 is 0. The van der Waals surface area contributed by atoms with E-state index in [9.17, 15) is 0 Å². The van der Waals surface area contributed by atoms with Crippen LogP contribution in [0.15, 0.2) is 30.3 Å². The predicted molar refractivity (Wildman–Crippen MR) is 89.9 cm³/mol. The van der Waals surface area contributed by atoms with Crippen LogP contribution in [0.25, 0.3) is 5.57 Å². The third-order valence-corrected chi connectivity index (χ3v) is 3.84. The lowest BCUT2D eigenvalue weighted by Gasteiger charge is -2.31. The van der Waals surface area contributed by atoms with Crippen LogP contribution in [-0.2, 0) is 0 Å². The summed E-state index contributed by atoms with van der Waals surface area (Å²) in [6, 6.07) is 8.09. The van der Waals surface area contributed by atoms with Gasteiger partial charge in [0.2, 0.25) is 0 Å². The van der Waals surface area contributed by atoms with Gasteiger partial charge in [0.1, 0.15) is 7.85 Å². The van der Waals surface area contributed by atoms with E-state index in [4.69, 9.17) is 18.1 Å². The van der Waals surface area contributed by atoms with Gasteiger partial charge in [0.05, 0.1) is 11.2 Å².